The maximum absolute atomic E-state index is 11.9. The average molecular weight is 212 g/mol. The molecule has 0 saturated carbocycles. The largest absolute Gasteiger partial charge is 0.371 e. The van der Waals surface area contributed by atoms with Crippen LogP contribution in [0, 0.1) is 0 Å². The van der Waals surface area contributed by atoms with E-state index in [1.165, 1.54) is 0 Å². The lowest BCUT2D eigenvalue weighted by atomic mass is 9.93. The quantitative estimate of drug-likeness (QED) is 0.750. The number of Topliss-reactive ketones (excluding diaryl/α,β-unsaturated/α-hetero) is 1. The molecule has 0 fully saturated rings. The lowest BCUT2D eigenvalue weighted by molar-refractivity contribution is -0.138. The highest BCUT2D eigenvalue weighted by atomic mass is 32.1. The first-order chi connectivity index (χ1) is 6.62. The van der Waals surface area contributed by atoms with E-state index in [9.17, 15) is 4.79 Å². The molecule has 14 heavy (non-hydrogen) atoms. The van der Waals surface area contributed by atoms with Crippen LogP contribution in [-0.2, 0) is 16.0 Å². The third-order valence-corrected chi connectivity index (χ3v) is 3.39. The zero-order valence-corrected chi connectivity index (χ0v) is 9.69. The molecule has 0 spiro atoms. The number of thiophene rings is 1. The average Bonchev–Trinajstić information content (AvgIpc) is 2.69. The number of ketones is 1. The lowest BCUT2D eigenvalue weighted by Gasteiger charge is -2.24. The van der Waals surface area contributed by atoms with Crippen molar-refractivity contribution in [2.24, 2.45) is 0 Å². The molecule has 0 aliphatic heterocycles. The van der Waals surface area contributed by atoms with Crippen LogP contribution in [-0.4, -0.2) is 18.5 Å². The molecule has 3 heteroatoms. The van der Waals surface area contributed by atoms with Gasteiger partial charge in [-0.15, -0.1) is 0 Å². The molecule has 1 aromatic heterocycles. The Hall–Kier alpha value is -0.670. The number of carbonyl (C=O) groups excluding carboxylic acids is 1. The maximum Gasteiger partial charge on any atom is 0.168 e. The van der Waals surface area contributed by atoms with Crippen LogP contribution >= 0.6 is 11.3 Å². The first-order valence-electron chi connectivity index (χ1n) is 4.72. The van der Waals surface area contributed by atoms with E-state index in [0.717, 1.165) is 5.56 Å². The molecule has 1 aromatic rings. The number of ether oxygens (including phenoxy) is 1. The standard InChI is InChI=1S/C11H16O2S/c1-4-11(2,13-3)10(12)7-9-5-6-14-8-9/h5-6,8H,4,7H2,1-3H3. The van der Waals surface area contributed by atoms with Crippen molar-refractivity contribution in [3.63, 3.8) is 0 Å². The van der Waals surface area contributed by atoms with Gasteiger partial charge in [0.05, 0.1) is 0 Å². The molecular formula is C11H16O2S. The van der Waals surface area contributed by atoms with Gasteiger partial charge in [-0.3, -0.25) is 4.79 Å². The van der Waals surface area contributed by atoms with Gasteiger partial charge in [0.25, 0.3) is 0 Å². The van der Waals surface area contributed by atoms with Crippen LogP contribution in [0.3, 0.4) is 0 Å². The summed E-state index contributed by atoms with van der Waals surface area (Å²) in [6, 6.07) is 1.98. The van der Waals surface area contributed by atoms with Crippen LogP contribution in [0.5, 0.6) is 0 Å². The number of rotatable bonds is 5. The molecule has 78 valence electrons. The summed E-state index contributed by atoms with van der Waals surface area (Å²) < 4.78 is 5.25. The maximum atomic E-state index is 11.9. The van der Waals surface area contributed by atoms with Gasteiger partial charge in [-0.2, -0.15) is 11.3 Å². The molecule has 1 atom stereocenters. The van der Waals surface area contributed by atoms with E-state index < -0.39 is 5.60 Å². The molecule has 0 aromatic carbocycles. The van der Waals surface area contributed by atoms with Crippen LogP contribution in [0.4, 0.5) is 0 Å². The fraction of sp³-hybridized carbons (Fsp3) is 0.545. The van der Waals surface area contributed by atoms with Gasteiger partial charge in [0.1, 0.15) is 5.60 Å². The van der Waals surface area contributed by atoms with Crippen molar-refractivity contribution in [1.82, 2.24) is 0 Å². The van der Waals surface area contributed by atoms with E-state index >= 15 is 0 Å². The number of carbonyl (C=O) groups is 1. The molecule has 1 rings (SSSR count). The zero-order valence-electron chi connectivity index (χ0n) is 8.87. The summed E-state index contributed by atoms with van der Waals surface area (Å²) >= 11 is 1.61. The van der Waals surface area contributed by atoms with E-state index in [-0.39, 0.29) is 5.78 Å². The SMILES string of the molecule is CCC(C)(OC)C(=O)Cc1ccsc1. The second-order valence-corrected chi connectivity index (χ2v) is 4.30. The lowest BCUT2D eigenvalue weighted by Crippen LogP contribution is -2.37. The Bertz CT molecular complexity index is 286. The van der Waals surface area contributed by atoms with Gasteiger partial charge in [0.2, 0.25) is 0 Å². The monoisotopic (exact) mass is 212 g/mol. The van der Waals surface area contributed by atoms with E-state index in [4.69, 9.17) is 4.74 Å². The van der Waals surface area contributed by atoms with Crippen molar-refractivity contribution in [1.29, 1.82) is 0 Å². The zero-order chi connectivity index (χ0) is 10.6. The van der Waals surface area contributed by atoms with Crippen molar-refractivity contribution in [3.05, 3.63) is 22.4 Å². The Morgan fingerprint density at radius 3 is 2.79 bits per heavy atom. The Morgan fingerprint density at radius 2 is 2.36 bits per heavy atom. The molecule has 0 aliphatic rings. The van der Waals surface area contributed by atoms with E-state index in [0.29, 0.717) is 12.8 Å². The second kappa shape index (κ2) is 4.71. The Kier molecular flexibility index (Phi) is 3.84. The predicted octanol–water partition coefficient (Wildman–Crippen LogP) is 2.67. The molecule has 0 aliphatic carbocycles. The molecule has 0 radical (unpaired) electrons. The van der Waals surface area contributed by atoms with Crippen molar-refractivity contribution in [3.8, 4) is 0 Å². The van der Waals surface area contributed by atoms with Crippen molar-refractivity contribution < 1.29 is 9.53 Å². The summed E-state index contributed by atoms with van der Waals surface area (Å²) in [7, 11) is 1.59. The summed E-state index contributed by atoms with van der Waals surface area (Å²) in [6.07, 6.45) is 1.19. The van der Waals surface area contributed by atoms with Crippen LogP contribution < -0.4 is 0 Å². The number of methoxy groups -OCH3 is 1. The van der Waals surface area contributed by atoms with Gasteiger partial charge in [-0.1, -0.05) is 6.92 Å². The molecule has 2 nitrogen and oxygen atoms in total. The summed E-state index contributed by atoms with van der Waals surface area (Å²) in [5, 5.41) is 3.99. The highest BCUT2D eigenvalue weighted by molar-refractivity contribution is 7.07. The van der Waals surface area contributed by atoms with E-state index in [2.05, 4.69) is 0 Å². The summed E-state index contributed by atoms with van der Waals surface area (Å²) in [5.41, 5.74) is 0.457. The minimum absolute atomic E-state index is 0.154. The molecule has 0 N–H and O–H groups in total. The van der Waals surface area contributed by atoms with Crippen molar-refractivity contribution >= 4 is 17.1 Å². The van der Waals surface area contributed by atoms with Crippen LogP contribution in [0.15, 0.2) is 16.8 Å². The highest BCUT2D eigenvalue weighted by Gasteiger charge is 2.30. The van der Waals surface area contributed by atoms with Crippen LogP contribution in [0.25, 0.3) is 0 Å². The molecular weight excluding hydrogens is 196 g/mol. The Labute approximate surface area is 88.9 Å². The summed E-state index contributed by atoms with van der Waals surface area (Å²) in [4.78, 5) is 11.9. The van der Waals surface area contributed by atoms with Gasteiger partial charge >= 0.3 is 0 Å². The topological polar surface area (TPSA) is 26.3 Å². The van der Waals surface area contributed by atoms with E-state index in [1.54, 1.807) is 18.4 Å². The highest BCUT2D eigenvalue weighted by Crippen LogP contribution is 2.19. The van der Waals surface area contributed by atoms with Crippen LogP contribution in [0.2, 0.25) is 0 Å². The predicted molar refractivity (Wildman–Crippen MR) is 58.7 cm³/mol. The van der Waals surface area contributed by atoms with Gasteiger partial charge in [-0.05, 0) is 35.7 Å². The van der Waals surface area contributed by atoms with Gasteiger partial charge in [0.15, 0.2) is 5.78 Å². The first-order valence-corrected chi connectivity index (χ1v) is 5.66. The minimum Gasteiger partial charge on any atom is -0.371 e. The normalized spacial score (nSPS) is 15.1. The first kappa shape index (κ1) is 11.4. The Balaban J connectivity index is 2.66. The fourth-order valence-corrected chi connectivity index (χ4v) is 1.89. The van der Waals surface area contributed by atoms with Gasteiger partial charge in [0, 0.05) is 13.5 Å². The third-order valence-electron chi connectivity index (χ3n) is 2.66. The fourth-order valence-electron chi connectivity index (χ4n) is 1.22. The summed E-state index contributed by atoms with van der Waals surface area (Å²) in [5.74, 6) is 0.154. The van der Waals surface area contributed by atoms with E-state index in [1.807, 2.05) is 30.7 Å². The molecule has 0 bridgehead atoms. The minimum atomic E-state index is -0.623. The summed E-state index contributed by atoms with van der Waals surface area (Å²) in [6.45, 7) is 3.82. The Morgan fingerprint density at radius 1 is 1.64 bits per heavy atom. The molecule has 0 amide bonds. The smallest absolute Gasteiger partial charge is 0.168 e. The molecule has 0 saturated heterocycles. The van der Waals surface area contributed by atoms with Crippen molar-refractivity contribution in [2.45, 2.75) is 32.3 Å². The number of hydrogen-bond donors (Lipinski definition) is 0. The van der Waals surface area contributed by atoms with Crippen LogP contribution in [0.1, 0.15) is 25.8 Å². The molecule has 1 unspecified atom stereocenters. The molecule has 1 heterocycles. The number of hydrogen-bond acceptors (Lipinski definition) is 3. The van der Waals surface area contributed by atoms with Crippen molar-refractivity contribution in [2.75, 3.05) is 7.11 Å². The van der Waals surface area contributed by atoms with Gasteiger partial charge < -0.3 is 4.74 Å². The second-order valence-electron chi connectivity index (χ2n) is 3.52. The third kappa shape index (κ3) is 2.42. The van der Waals surface area contributed by atoms with Gasteiger partial charge in [-0.25, -0.2) is 0 Å².